The number of benzene rings is 1. The molecule has 1 aromatic carbocycles. The largest absolute Gasteiger partial charge is 0.497 e. The minimum absolute atomic E-state index is 0.0661. The molecule has 4 rings (SSSR count). The van der Waals surface area contributed by atoms with E-state index in [-0.39, 0.29) is 12.0 Å². The monoisotopic (exact) mass is 354 g/mol. The second-order valence-electron chi connectivity index (χ2n) is 6.09. The van der Waals surface area contributed by atoms with Crippen molar-refractivity contribution < 1.29 is 19.3 Å². The van der Waals surface area contributed by atoms with Gasteiger partial charge in [0, 0.05) is 12.6 Å². The molecule has 1 aliphatic heterocycles. The number of hydrogen-bond acceptors (Lipinski definition) is 5. The second-order valence-corrected chi connectivity index (χ2v) is 6.09. The van der Waals surface area contributed by atoms with Crippen LogP contribution in [0.5, 0.6) is 5.75 Å². The summed E-state index contributed by atoms with van der Waals surface area (Å²) in [5, 5.41) is 0.261. The van der Waals surface area contributed by atoms with Gasteiger partial charge in [-0.3, -0.25) is 4.79 Å². The maximum absolute atomic E-state index is 12.9. The van der Waals surface area contributed by atoms with Crippen LogP contribution in [0.4, 0.5) is 0 Å². The summed E-state index contributed by atoms with van der Waals surface area (Å²) in [6.45, 7) is 0.0661. The van der Waals surface area contributed by atoms with Crippen molar-refractivity contribution >= 4 is 17.0 Å². The first-order valence-electron chi connectivity index (χ1n) is 7.93. The van der Waals surface area contributed by atoms with Crippen molar-refractivity contribution in [2.45, 2.75) is 6.61 Å². The van der Waals surface area contributed by atoms with Crippen LogP contribution >= 0.6 is 0 Å². The van der Waals surface area contributed by atoms with E-state index in [0.29, 0.717) is 33.8 Å². The van der Waals surface area contributed by atoms with Gasteiger partial charge in [-0.25, -0.2) is 19.1 Å². The molecule has 3 aromatic rings. The van der Waals surface area contributed by atoms with Gasteiger partial charge in [0.05, 0.1) is 14.2 Å². The van der Waals surface area contributed by atoms with Gasteiger partial charge in [-0.1, -0.05) is 12.1 Å². The molecule has 8 heteroatoms. The van der Waals surface area contributed by atoms with E-state index in [9.17, 15) is 14.4 Å². The van der Waals surface area contributed by atoms with Gasteiger partial charge in [-0.15, -0.1) is 0 Å². The van der Waals surface area contributed by atoms with Crippen molar-refractivity contribution in [3.8, 4) is 16.9 Å². The van der Waals surface area contributed by atoms with E-state index in [1.54, 1.807) is 38.4 Å². The van der Waals surface area contributed by atoms with Gasteiger partial charge >= 0.3 is 11.7 Å². The topological polar surface area (TPSA) is 93.7 Å². The highest BCUT2D eigenvalue weighted by atomic mass is 16.5. The lowest BCUT2D eigenvalue weighted by Gasteiger charge is -2.10. The Morgan fingerprint density at radius 1 is 1.04 bits per heavy atom. The Hall–Kier alpha value is -3.42. The standard InChI is InChI=1S/C18H15N3O5/c1-20-15-14(16(22)21(2)18(20)24)12(9-4-6-10(25-3)7-5-9)13-11(19-15)8-26-17(13)23/h4-7H,8H2,1-3H3/p+1. The zero-order valence-corrected chi connectivity index (χ0v) is 14.5. The third-order valence-electron chi connectivity index (χ3n) is 4.67. The zero-order valence-electron chi connectivity index (χ0n) is 14.5. The second kappa shape index (κ2) is 5.55. The molecule has 132 valence electrons. The number of aromatic nitrogens is 3. The first kappa shape index (κ1) is 16.1. The minimum atomic E-state index is -0.500. The normalized spacial score (nSPS) is 13.0. The van der Waals surface area contributed by atoms with Crippen LogP contribution in [0.25, 0.3) is 22.2 Å². The van der Waals surface area contributed by atoms with Crippen LogP contribution in [0.3, 0.4) is 0 Å². The quantitative estimate of drug-likeness (QED) is 0.621. The molecule has 0 radical (unpaired) electrons. The summed E-state index contributed by atoms with van der Waals surface area (Å²) in [5.74, 6) is 0.153. The van der Waals surface area contributed by atoms with Crippen molar-refractivity contribution in [3.63, 3.8) is 0 Å². The summed E-state index contributed by atoms with van der Waals surface area (Å²) < 4.78 is 12.7. The highest BCUT2D eigenvalue weighted by molar-refractivity contribution is 6.07. The summed E-state index contributed by atoms with van der Waals surface area (Å²) in [6, 6.07) is 7.03. The molecule has 2 aromatic heterocycles. The lowest BCUT2D eigenvalue weighted by molar-refractivity contribution is -0.365. The number of methoxy groups -OCH3 is 1. The lowest BCUT2D eigenvalue weighted by Crippen LogP contribution is -2.40. The maximum atomic E-state index is 12.9. The molecule has 0 amide bonds. The summed E-state index contributed by atoms with van der Waals surface area (Å²) in [7, 11) is 4.54. The summed E-state index contributed by atoms with van der Waals surface area (Å²) >= 11 is 0. The Morgan fingerprint density at radius 2 is 1.73 bits per heavy atom. The third kappa shape index (κ3) is 2.08. The molecule has 1 N–H and O–H groups in total. The van der Waals surface area contributed by atoms with Crippen LogP contribution < -0.4 is 21.0 Å². The molecule has 0 fully saturated rings. The van der Waals surface area contributed by atoms with E-state index in [0.717, 1.165) is 4.57 Å². The van der Waals surface area contributed by atoms with E-state index in [1.165, 1.54) is 11.6 Å². The van der Waals surface area contributed by atoms with Crippen molar-refractivity contribution in [2.75, 3.05) is 7.11 Å². The Labute approximate surface area is 147 Å². The number of H-pyrrole nitrogens is 1. The number of esters is 1. The fourth-order valence-corrected chi connectivity index (χ4v) is 3.29. The number of cyclic esters (lactones) is 1. The summed E-state index contributed by atoms with van der Waals surface area (Å²) in [5.41, 5.74) is 1.39. The van der Waals surface area contributed by atoms with Crippen molar-refractivity contribution in [1.29, 1.82) is 0 Å². The van der Waals surface area contributed by atoms with Gasteiger partial charge in [0.2, 0.25) is 0 Å². The Morgan fingerprint density at radius 3 is 2.38 bits per heavy atom. The summed E-state index contributed by atoms with van der Waals surface area (Å²) in [4.78, 5) is 40.5. The summed E-state index contributed by atoms with van der Waals surface area (Å²) in [6.07, 6.45) is 0. The number of carbonyl (C=O) groups excluding carboxylic acids is 1. The lowest BCUT2D eigenvalue weighted by atomic mass is 9.96. The zero-order chi connectivity index (χ0) is 18.6. The molecule has 0 saturated heterocycles. The highest BCUT2D eigenvalue weighted by Crippen LogP contribution is 2.33. The molecule has 0 saturated carbocycles. The van der Waals surface area contributed by atoms with Gasteiger partial charge in [0.1, 0.15) is 16.7 Å². The third-order valence-corrected chi connectivity index (χ3v) is 4.67. The van der Waals surface area contributed by atoms with Crippen LogP contribution in [0, 0.1) is 0 Å². The molecule has 26 heavy (non-hydrogen) atoms. The molecule has 0 atom stereocenters. The first-order valence-corrected chi connectivity index (χ1v) is 7.93. The average Bonchev–Trinajstić information content (AvgIpc) is 3.04. The van der Waals surface area contributed by atoms with Crippen LogP contribution in [0.1, 0.15) is 16.1 Å². The number of nitrogens with one attached hydrogen (secondary N) is 1. The molecule has 0 bridgehead atoms. The molecule has 3 heterocycles. The van der Waals surface area contributed by atoms with Crippen molar-refractivity contribution in [1.82, 2.24) is 9.13 Å². The molecule has 8 nitrogen and oxygen atoms in total. The van der Waals surface area contributed by atoms with Gasteiger partial charge in [-0.05, 0) is 17.7 Å². The molecule has 1 aliphatic rings. The van der Waals surface area contributed by atoms with Crippen LogP contribution in [-0.2, 0) is 25.4 Å². The molecule has 0 unspecified atom stereocenters. The highest BCUT2D eigenvalue weighted by Gasteiger charge is 2.34. The molecule has 0 aliphatic carbocycles. The van der Waals surface area contributed by atoms with Crippen molar-refractivity contribution in [3.05, 3.63) is 56.4 Å². The Kier molecular flexibility index (Phi) is 3.43. The maximum Gasteiger partial charge on any atom is 0.417 e. The predicted molar refractivity (Wildman–Crippen MR) is 92.1 cm³/mol. The fraction of sp³-hybridized carbons (Fsp3) is 0.222. The number of fused-ring (bicyclic) bond motifs is 2. The number of ether oxygens (including phenoxy) is 2. The van der Waals surface area contributed by atoms with Crippen molar-refractivity contribution in [2.24, 2.45) is 14.1 Å². The van der Waals surface area contributed by atoms with Crippen LogP contribution in [-0.4, -0.2) is 22.2 Å². The van der Waals surface area contributed by atoms with Crippen LogP contribution in [0.15, 0.2) is 33.9 Å². The number of nitrogens with zero attached hydrogens (tertiary/aromatic N) is 2. The van der Waals surface area contributed by atoms with E-state index in [4.69, 9.17) is 9.47 Å². The van der Waals surface area contributed by atoms with Gasteiger partial charge in [-0.2, -0.15) is 4.57 Å². The van der Waals surface area contributed by atoms with E-state index in [1.807, 2.05) is 0 Å². The molecule has 0 spiro atoms. The van der Waals surface area contributed by atoms with E-state index < -0.39 is 17.2 Å². The SMILES string of the molecule is COc1ccc(-c2c3c([nH+]c4c2c(=O)n(C)c(=O)n4C)COC3=O)cc1. The smallest absolute Gasteiger partial charge is 0.417 e. The van der Waals surface area contributed by atoms with Gasteiger partial charge < -0.3 is 9.47 Å². The number of hydrogen-bond donors (Lipinski definition) is 0. The van der Waals surface area contributed by atoms with Gasteiger partial charge in [0.15, 0.2) is 12.3 Å². The number of aromatic amines is 1. The first-order chi connectivity index (χ1) is 12.4. The number of rotatable bonds is 2. The number of carbonyl (C=O) groups is 1. The van der Waals surface area contributed by atoms with E-state index >= 15 is 0 Å². The van der Waals surface area contributed by atoms with E-state index in [2.05, 4.69) is 4.98 Å². The van der Waals surface area contributed by atoms with Crippen LogP contribution in [0.2, 0.25) is 0 Å². The minimum Gasteiger partial charge on any atom is -0.497 e. The molecular weight excluding hydrogens is 338 g/mol. The predicted octanol–water partition coefficient (Wildman–Crippen LogP) is 0.397. The molecular formula is C18H16N3O5+. The Balaban J connectivity index is 2.22. The fourth-order valence-electron chi connectivity index (χ4n) is 3.29. The average molecular weight is 354 g/mol. The van der Waals surface area contributed by atoms with Gasteiger partial charge in [0.25, 0.3) is 11.2 Å². The Bertz CT molecular complexity index is 1190. The number of pyridine rings is 1. The number of aryl methyl sites for hydroxylation is 1.